The molecule has 5 nitrogen and oxygen atoms in total. The van der Waals surface area contributed by atoms with E-state index in [4.69, 9.17) is 4.42 Å². The van der Waals surface area contributed by atoms with E-state index in [-0.39, 0.29) is 18.1 Å². The van der Waals surface area contributed by atoms with Gasteiger partial charge in [-0.3, -0.25) is 4.79 Å². The van der Waals surface area contributed by atoms with Crippen LogP contribution in [0.1, 0.15) is 5.56 Å². The summed E-state index contributed by atoms with van der Waals surface area (Å²) in [5.41, 5.74) is 0.995. The lowest BCUT2D eigenvalue weighted by Gasteiger charge is -2.09. The molecule has 22 heavy (non-hydrogen) atoms. The quantitative estimate of drug-likeness (QED) is 0.569. The van der Waals surface area contributed by atoms with E-state index in [0.29, 0.717) is 12.1 Å². The zero-order chi connectivity index (χ0) is 15.5. The number of amides is 1. The van der Waals surface area contributed by atoms with Crippen molar-refractivity contribution in [2.75, 3.05) is 13.6 Å². The van der Waals surface area contributed by atoms with E-state index >= 15 is 0 Å². The predicted molar refractivity (Wildman–Crippen MR) is 85.8 cm³/mol. The fourth-order valence-electron chi connectivity index (χ4n) is 2.56. The van der Waals surface area contributed by atoms with E-state index < -0.39 is 0 Å². The first-order valence-electron chi connectivity index (χ1n) is 7.05. The summed E-state index contributed by atoms with van der Waals surface area (Å²) in [6, 6.07) is 13.2. The lowest BCUT2D eigenvalue weighted by Crippen LogP contribution is -2.31. The molecule has 1 heterocycles. The second kappa shape index (κ2) is 5.99. The molecule has 2 aromatic carbocycles. The Morgan fingerprint density at radius 1 is 1.18 bits per heavy atom. The van der Waals surface area contributed by atoms with Gasteiger partial charge in [0.2, 0.25) is 5.91 Å². The molecule has 0 bridgehead atoms. The summed E-state index contributed by atoms with van der Waals surface area (Å²) in [5.74, 6) is -0.0999. The molecule has 1 amide bonds. The molecule has 0 aliphatic carbocycles. The van der Waals surface area contributed by atoms with Crippen molar-refractivity contribution in [3.8, 4) is 0 Å². The molecule has 2 N–H and O–H groups in total. The number of hydrogen-bond acceptors (Lipinski definition) is 4. The highest BCUT2D eigenvalue weighted by Crippen LogP contribution is 2.27. The molecular weight excluding hydrogens is 280 g/mol. The number of carbonyl (C=O) groups excluding carboxylic acids is 1. The molecule has 0 fully saturated rings. The van der Waals surface area contributed by atoms with E-state index in [2.05, 4.69) is 10.6 Å². The molecule has 0 saturated heterocycles. The largest absolute Gasteiger partial charge is 0.423 e. The molecule has 0 aliphatic heterocycles. The van der Waals surface area contributed by atoms with Crippen LogP contribution in [-0.4, -0.2) is 19.5 Å². The molecule has 112 valence electrons. The summed E-state index contributed by atoms with van der Waals surface area (Å²) in [4.78, 5) is 23.0. The normalized spacial score (nSPS) is 11.0. The first kappa shape index (κ1) is 14.3. The van der Waals surface area contributed by atoms with E-state index in [1.54, 1.807) is 13.1 Å². The third-order valence-electron chi connectivity index (χ3n) is 3.59. The standard InChI is InChI=1S/C17H16N2O3/c1-18-15(20)10-19-9-12-8-16(21)22-14-7-6-11-4-2-3-5-13(11)17(12)14/h2-8,19H,9-10H2,1H3,(H,18,20). The molecule has 0 unspecified atom stereocenters. The predicted octanol–water partition coefficient (Wildman–Crippen LogP) is 1.78. The Morgan fingerprint density at radius 2 is 2.00 bits per heavy atom. The SMILES string of the molecule is CNC(=O)CNCc1cc(=O)oc2ccc3ccccc3c12. The fraction of sp³-hybridized carbons (Fsp3) is 0.176. The van der Waals surface area contributed by atoms with Gasteiger partial charge in [-0.15, -0.1) is 0 Å². The zero-order valence-electron chi connectivity index (χ0n) is 12.2. The van der Waals surface area contributed by atoms with Gasteiger partial charge in [-0.2, -0.15) is 0 Å². The van der Waals surface area contributed by atoms with Crippen LogP contribution in [0.5, 0.6) is 0 Å². The molecule has 3 rings (SSSR count). The van der Waals surface area contributed by atoms with Crippen molar-refractivity contribution >= 4 is 27.6 Å². The summed E-state index contributed by atoms with van der Waals surface area (Å²) in [7, 11) is 1.59. The van der Waals surface area contributed by atoms with Crippen molar-refractivity contribution in [1.29, 1.82) is 0 Å². The number of benzene rings is 2. The third kappa shape index (κ3) is 2.71. The van der Waals surface area contributed by atoms with Gasteiger partial charge in [-0.1, -0.05) is 30.3 Å². The average molecular weight is 296 g/mol. The molecule has 0 aliphatic rings. The van der Waals surface area contributed by atoms with Crippen LogP contribution in [0.15, 0.2) is 51.7 Å². The molecule has 5 heteroatoms. The van der Waals surface area contributed by atoms with Crippen LogP contribution in [0.25, 0.3) is 21.7 Å². The second-order valence-electron chi connectivity index (χ2n) is 5.03. The lowest BCUT2D eigenvalue weighted by molar-refractivity contribution is -0.119. The maximum absolute atomic E-state index is 11.7. The van der Waals surface area contributed by atoms with Crippen molar-refractivity contribution in [2.24, 2.45) is 0 Å². The number of fused-ring (bicyclic) bond motifs is 3. The van der Waals surface area contributed by atoms with Crippen molar-refractivity contribution in [3.05, 3.63) is 58.4 Å². The zero-order valence-corrected chi connectivity index (χ0v) is 12.2. The van der Waals surface area contributed by atoms with Gasteiger partial charge in [0, 0.05) is 25.0 Å². The van der Waals surface area contributed by atoms with Crippen LogP contribution >= 0.6 is 0 Å². The minimum absolute atomic E-state index is 0.0999. The van der Waals surface area contributed by atoms with E-state index in [1.807, 2.05) is 30.3 Å². The minimum Gasteiger partial charge on any atom is -0.423 e. The summed E-state index contributed by atoms with van der Waals surface area (Å²) >= 11 is 0. The number of rotatable bonds is 4. The Labute approximate surface area is 126 Å². The van der Waals surface area contributed by atoms with Gasteiger partial charge in [0.25, 0.3) is 0 Å². The molecular formula is C17H16N2O3. The van der Waals surface area contributed by atoms with E-state index in [9.17, 15) is 9.59 Å². The average Bonchev–Trinajstić information content (AvgIpc) is 2.53. The Morgan fingerprint density at radius 3 is 2.82 bits per heavy atom. The van der Waals surface area contributed by atoms with Crippen LogP contribution in [-0.2, 0) is 11.3 Å². The first-order valence-corrected chi connectivity index (χ1v) is 7.05. The van der Waals surface area contributed by atoms with Gasteiger partial charge in [0.05, 0.1) is 6.54 Å². The molecule has 1 aromatic heterocycles. The van der Waals surface area contributed by atoms with Crippen LogP contribution in [0, 0.1) is 0 Å². The topological polar surface area (TPSA) is 71.3 Å². The van der Waals surface area contributed by atoms with Gasteiger partial charge < -0.3 is 15.1 Å². The molecule has 3 aromatic rings. The third-order valence-corrected chi connectivity index (χ3v) is 3.59. The van der Waals surface area contributed by atoms with Gasteiger partial charge in [0.15, 0.2) is 0 Å². The van der Waals surface area contributed by atoms with Crippen LogP contribution in [0.2, 0.25) is 0 Å². The van der Waals surface area contributed by atoms with E-state index in [1.165, 1.54) is 6.07 Å². The highest BCUT2D eigenvalue weighted by Gasteiger charge is 2.09. The molecule has 0 spiro atoms. The maximum Gasteiger partial charge on any atom is 0.336 e. The summed E-state index contributed by atoms with van der Waals surface area (Å²) in [6.45, 7) is 0.618. The van der Waals surface area contributed by atoms with Crippen LogP contribution in [0.3, 0.4) is 0 Å². The van der Waals surface area contributed by atoms with Crippen molar-refractivity contribution in [2.45, 2.75) is 6.54 Å². The Kier molecular flexibility index (Phi) is 3.89. The second-order valence-corrected chi connectivity index (χ2v) is 5.03. The fourth-order valence-corrected chi connectivity index (χ4v) is 2.56. The Balaban J connectivity index is 2.09. The van der Waals surface area contributed by atoms with Gasteiger partial charge in [-0.25, -0.2) is 4.79 Å². The summed E-state index contributed by atoms with van der Waals surface area (Å²) in [5, 5.41) is 8.60. The monoisotopic (exact) mass is 296 g/mol. The van der Waals surface area contributed by atoms with Gasteiger partial charge in [0.1, 0.15) is 5.58 Å². The number of nitrogens with one attached hydrogen (secondary N) is 2. The maximum atomic E-state index is 11.7. The highest BCUT2D eigenvalue weighted by atomic mass is 16.4. The minimum atomic E-state index is -0.389. The van der Waals surface area contributed by atoms with Crippen LogP contribution < -0.4 is 16.3 Å². The Bertz CT molecular complexity index is 899. The number of hydrogen-bond donors (Lipinski definition) is 2. The van der Waals surface area contributed by atoms with Crippen molar-refractivity contribution < 1.29 is 9.21 Å². The number of carbonyl (C=O) groups is 1. The molecule has 0 atom stereocenters. The summed E-state index contributed by atoms with van der Waals surface area (Å²) in [6.07, 6.45) is 0. The van der Waals surface area contributed by atoms with E-state index in [0.717, 1.165) is 21.7 Å². The first-order chi connectivity index (χ1) is 10.7. The lowest BCUT2D eigenvalue weighted by atomic mass is 10.0. The summed E-state index contributed by atoms with van der Waals surface area (Å²) < 4.78 is 5.30. The molecule has 0 radical (unpaired) electrons. The van der Waals surface area contributed by atoms with Gasteiger partial charge in [-0.05, 0) is 22.4 Å². The molecule has 0 saturated carbocycles. The number of likely N-dealkylation sites (N-methyl/N-ethyl adjacent to an activating group) is 1. The van der Waals surface area contributed by atoms with Crippen LogP contribution in [0.4, 0.5) is 0 Å². The highest BCUT2D eigenvalue weighted by molar-refractivity contribution is 6.07. The van der Waals surface area contributed by atoms with Gasteiger partial charge >= 0.3 is 5.63 Å². The van der Waals surface area contributed by atoms with Crippen molar-refractivity contribution in [3.63, 3.8) is 0 Å². The van der Waals surface area contributed by atoms with Crippen molar-refractivity contribution in [1.82, 2.24) is 10.6 Å². The Hall–Kier alpha value is -2.66. The smallest absolute Gasteiger partial charge is 0.336 e.